The Bertz CT molecular complexity index is 599. The Morgan fingerprint density at radius 1 is 1.10 bits per heavy atom. The van der Waals surface area contributed by atoms with Crippen LogP contribution in [0.2, 0.25) is 5.02 Å². The van der Waals surface area contributed by atoms with Gasteiger partial charge in [0.05, 0.1) is 6.04 Å². The molecule has 106 valence electrons. The minimum absolute atomic E-state index is 0.303. The normalized spacial score (nSPS) is 12.4. The van der Waals surface area contributed by atoms with Crippen LogP contribution in [0.1, 0.15) is 17.2 Å². The lowest BCUT2D eigenvalue weighted by Crippen LogP contribution is -2.30. The fourth-order valence-electron chi connectivity index (χ4n) is 2.09. The second-order valence-corrected chi connectivity index (χ2v) is 4.91. The van der Waals surface area contributed by atoms with E-state index in [1.165, 1.54) is 12.1 Å². The zero-order chi connectivity index (χ0) is 14.7. The van der Waals surface area contributed by atoms with Crippen molar-refractivity contribution in [1.82, 2.24) is 5.43 Å². The van der Waals surface area contributed by atoms with Gasteiger partial charge in [-0.15, -0.1) is 0 Å². The van der Waals surface area contributed by atoms with Crippen molar-refractivity contribution < 1.29 is 8.78 Å². The standard InChI is InChI=1S/C14H14ClF2N3/c15-9-1-2-12(13(18)6-9)14(20-19)5-8-3-10(16)7-11(17)4-8/h1-4,6-7,14,20H,5,18-19H2. The molecule has 0 amide bonds. The zero-order valence-corrected chi connectivity index (χ0v) is 11.3. The number of anilines is 1. The highest BCUT2D eigenvalue weighted by Gasteiger charge is 2.15. The van der Waals surface area contributed by atoms with Crippen LogP contribution >= 0.6 is 11.6 Å². The van der Waals surface area contributed by atoms with Gasteiger partial charge in [-0.25, -0.2) is 8.78 Å². The molecule has 0 fully saturated rings. The van der Waals surface area contributed by atoms with E-state index in [2.05, 4.69) is 5.43 Å². The van der Waals surface area contributed by atoms with Crippen LogP contribution in [0.4, 0.5) is 14.5 Å². The SMILES string of the molecule is NNC(Cc1cc(F)cc(F)c1)c1ccc(Cl)cc1N. The smallest absolute Gasteiger partial charge is 0.126 e. The number of hydrogen-bond acceptors (Lipinski definition) is 3. The van der Waals surface area contributed by atoms with Crippen LogP contribution in [-0.4, -0.2) is 0 Å². The zero-order valence-electron chi connectivity index (χ0n) is 10.5. The lowest BCUT2D eigenvalue weighted by atomic mass is 9.98. The molecule has 2 rings (SSSR count). The summed E-state index contributed by atoms with van der Waals surface area (Å²) in [4.78, 5) is 0. The summed E-state index contributed by atoms with van der Waals surface area (Å²) in [6.07, 6.45) is 0.303. The quantitative estimate of drug-likeness (QED) is 0.462. The lowest BCUT2D eigenvalue weighted by molar-refractivity contribution is 0.541. The van der Waals surface area contributed by atoms with E-state index in [1.807, 2.05) is 0 Å². The van der Waals surface area contributed by atoms with Gasteiger partial charge in [0, 0.05) is 16.8 Å². The molecule has 0 aliphatic rings. The number of benzene rings is 2. The number of nitrogen functional groups attached to an aromatic ring is 1. The van der Waals surface area contributed by atoms with E-state index in [9.17, 15) is 8.78 Å². The van der Waals surface area contributed by atoms with E-state index >= 15 is 0 Å². The van der Waals surface area contributed by atoms with Crippen molar-refractivity contribution in [1.29, 1.82) is 0 Å². The largest absolute Gasteiger partial charge is 0.398 e. The molecule has 0 aromatic heterocycles. The third kappa shape index (κ3) is 3.45. The predicted molar refractivity (Wildman–Crippen MR) is 76.0 cm³/mol. The van der Waals surface area contributed by atoms with Crippen LogP contribution in [0.5, 0.6) is 0 Å². The number of rotatable bonds is 4. The summed E-state index contributed by atoms with van der Waals surface area (Å²) < 4.78 is 26.4. The first-order valence-electron chi connectivity index (χ1n) is 5.95. The third-order valence-corrected chi connectivity index (χ3v) is 3.22. The Labute approximate surface area is 120 Å². The van der Waals surface area contributed by atoms with E-state index in [4.69, 9.17) is 23.2 Å². The van der Waals surface area contributed by atoms with Gasteiger partial charge in [-0.3, -0.25) is 11.3 Å². The Morgan fingerprint density at radius 3 is 2.30 bits per heavy atom. The summed E-state index contributed by atoms with van der Waals surface area (Å²) in [6.45, 7) is 0. The van der Waals surface area contributed by atoms with Crippen LogP contribution in [0.3, 0.4) is 0 Å². The highest BCUT2D eigenvalue weighted by Crippen LogP contribution is 2.26. The first-order chi connectivity index (χ1) is 9.49. The molecule has 0 bridgehead atoms. The third-order valence-electron chi connectivity index (χ3n) is 2.99. The van der Waals surface area contributed by atoms with Gasteiger partial charge >= 0.3 is 0 Å². The molecule has 0 saturated heterocycles. The molecule has 0 aliphatic heterocycles. The molecule has 1 atom stereocenters. The first-order valence-corrected chi connectivity index (χ1v) is 6.33. The van der Waals surface area contributed by atoms with Crippen molar-refractivity contribution in [3.63, 3.8) is 0 Å². The number of nitrogens with two attached hydrogens (primary N) is 2. The van der Waals surface area contributed by atoms with Crippen LogP contribution in [-0.2, 0) is 6.42 Å². The number of halogens is 3. The van der Waals surface area contributed by atoms with E-state index in [-0.39, 0.29) is 6.04 Å². The van der Waals surface area contributed by atoms with Crippen LogP contribution < -0.4 is 17.0 Å². The van der Waals surface area contributed by atoms with E-state index in [0.717, 1.165) is 11.6 Å². The fraction of sp³-hybridized carbons (Fsp3) is 0.143. The molecule has 0 spiro atoms. The molecule has 0 saturated carbocycles. The van der Waals surface area contributed by atoms with E-state index in [1.54, 1.807) is 18.2 Å². The Kier molecular flexibility index (Phi) is 4.54. The molecule has 3 nitrogen and oxygen atoms in total. The molecule has 0 heterocycles. The van der Waals surface area contributed by atoms with Crippen molar-refractivity contribution in [3.8, 4) is 0 Å². The van der Waals surface area contributed by atoms with Gasteiger partial charge in [0.15, 0.2) is 0 Å². The Balaban J connectivity index is 2.28. The monoisotopic (exact) mass is 297 g/mol. The summed E-state index contributed by atoms with van der Waals surface area (Å²) in [5.41, 5.74) is 10.2. The maximum absolute atomic E-state index is 13.2. The summed E-state index contributed by atoms with van der Waals surface area (Å²) in [6, 6.07) is 8.01. The molecule has 6 heteroatoms. The topological polar surface area (TPSA) is 64.1 Å². The molecule has 0 radical (unpaired) electrons. The van der Waals surface area contributed by atoms with Crippen LogP contribution in [0, 0.1) is 11.6 Å². The summed E-state index contributed by atoms with van der Waals surface area (Å²) >= 11 is 5.84. The Morgan fingerprint density at radius 2 is 1.75 bits per heavy atom. The van der Waals surface area contributed by atoms with Crippen molar-refractivity contribution in [3.05, 3.63) is 64.2 Å². The van der Waals surface area contributed by atoms with Gasteiger partial charge in [-0.05, 0) is 41.8 Å². The number of hydrogen-bond donors (Lipinski definition) is 3. The first kappa shape index (κ1) is 14.7. The van der Waals surface area contributed by atoms with Crippen molar-refractivity contribution >= 4 is 17.3 Å². The molecular weight excluding hydrogens is 284 g/mol. The summed E-state index contributed by atoms with van der Waals surface area (Å²) in [5.74, 6) is 4.26. The lowest BCUT2D eigenvalue weighted by Gasteiger charge is -2.18. The van der Waals surface area contributed by atoms with E-state index < -0.39 is 11.6 Å². The summed E-state index contributed by atoms with van der Waals surface area (Å²) in [5, 5.41) is 0.513. The van der Waals surface area contributed by atoms with Crippen molar-refractivity contribution in [2.75, 3.05) is 5.73 Å². The number of nitrogens with one attached hydrogen (secondary N) is 1. The molecule has 0 aliphatic carbocycles. The van der Waals surface area contributed by atoms with Crippen molar-refractivity contribution in [2.24, 2.45) is 5.84 Å². The highest BCUT2D eigenvalue weighted by atomic mass is 35.5. The Hall–Kier alpha value is -1.69. The van der Waals surface area contributed by atoms with Gasteiger partial charge in [0.1, 0.15) is 11.6 Å². The molecule has 1 unspecified atom stereocenters. The van der Waals surface area contributed by atoms with Gasteiger partial charge in [0.25, 0.3) is 0 Å². The second kappa shape index (κ2) is 6.17. The van der Waals surface area contributed by atoms with Gasteiger partial charge in [-0.1, -0.05) is 17.7 Å². The average Bonchev–Trinajstić information content (AvgIpc) is 2.35. The maximum atomic E-state index is 13.2. The van der Waals surface area contributed by atoms with Gasteiger partial charge in [0.2, 0.25) is 0 Å². The van der Waals surface area contributed by atoms with Gasteiger partial charge < -0.3 is 5.73 Å². The van der Waals surface area contributed by atoms with Crippen molar-refractivity contribution in [2.45, 2.75) is 12.5 Å². The average molecular weight is 298 g/mol. The number of hydrazine groups is 1. The second-order valence-electron chi connectivity index (χ2n) is 4.47. The van der Waals surface area contributed by atoms with Crippen LogP contribution in [0.25, 0.3) is 0 Å². The molecular formula is C14H14ClF2N3. The minimum Gasteiger partial charge on any atom is -0.398 e. The van der Waals surface area contributed by atoms with Gasteiger partial charge in [-0.2, -0.15) is 0 Å². The predicted octanol–water partition coefficient (Wildman–Crippen LogP) is 2.95. The highest BCUT2D eigenvalue weighted by molar-refractivity contribution is 6.30. The van der Waals surface area contributed by atoms with E-state index in [0.29, 0.717) is 22.7 Å². The molecule has 5 N–H and O–H groups in total. The summed E-state index contributed by atoms with van der Waals surface area (Å²) in [7, 11) is 0. The molecule has 2 aromatic rings. The molecule has 20 heavy (non-hydrogen) atoms. The fourth-order valence-corrected chi connectivity index (χ4v) is 2.27. The molecule has 2 aromatic carbocycles. The maximum Gasteiger partial charge on any atom is 0.126 e. The van der Waals surface area contributed by atoms with Crippen LogP contribution in [0.15, 0.2) is 36.4 Å². The minimum atomic E-state index is -0.625.